The van der Waals surface area contributed by atoms with Crippen LogP contribution in [-0.4, -0.2) is 24.6 Å². The van der Waals surface area contributed by atoms with Gasteiger partial charge in [0.15, 0.2) is 5.82 Å². The summed E-state index contributed by atoms with van der Waals surface area (Å²) >= 11 is 1.34. The summed E-state index contributed by atoms with van der Waals surface area (Å²) in [5.41, 5.74) is 5.39. The van der Waals surface area contributed by atoms with Crippen molar-refractivity contribution in [1.29, 1.82) is 0 Å². The van der Waals surface area contributed by atoms with Gasteiger partial charge in [-0.15, -0.1) is 10.2 Å². The maximum absolute atomic E-state index is 5.39. The van der Waals surface area contributed by atoms with E-state index < -0.39 is 0 Å². The lowest BCUT2D eigenvalue weighted by atomic mass is 10.5. The van der Waals surface area contributed by atoms with Crippen LogP contribution in [-0.2, 0) is 6.54 Å². The molecule has 12 heavy (non-hydrogen) atoms. The lowest BCUT2D eigenvalue weighted by Crippen LogP contribution is -1.98. The summed E-state index contributed by atoms with van der Waals surface area (Å²) < 4.78 is 5.37. The first kappa shape index (κ1) is 7.17. The van der Waals surface area contributed by atoms with Crippen LogP contribution >= 0.6 is 11.5 Å². The minimum absolute atomic E-state index is 0.424. The first-order chi connectivity index (χ1) is 5.84. The van der Waals surface area contributed by atoms with Gasteiger partial charge in [0, 0.05) is 0 Å². The molecular weight excluding hydrogens is 176 g/mol. The largest absolute Gasteiger partial charge is 0.381 e. The zero-order valence-corrected chi connectivity index (χ0v) is 6.90. The number of nitrogens with two attached hydrogens (primary N) is 1. The average Bonchev–Trinajstić information content (AvgIpc) is 2.63. The highest BCUT2D eigenvalue weighted by Gasteiger charge is 1.99. The molecule has 0 bridgehead atoms. The molecule has 0 aliphatic rings. The van der Waals surface area contributed by atoms with Crippen LogP contribution in [0.15, 0.2) is 12.4 Å². The van der Waals surface area contributed by atoms with Crippen molar-refractivity contribution in [2.45, 2.75) is 6.54 Å². The quantitative estimate of drug-likeness (QED) is 0.693. The molecule has 6 nitrogen and oxygen atoms in total. The van der Waals surface area contributed by atoms with E-state index >= 15 is 0 Å². The Kier molecular flexibility index (Phi) is 1.71. The van der Waals surface area contributed by atoms with Crippen molar-refractivity contribution in [1.82, 2.24) is 24.6 Å². The van der Waals surface area contributed by atoms with Crippen molar-refractivity contribution in [2.24, 2.45) is 0 Å². The molecule has 2 rings (SSSR count). The van der Waals surface area contributed by atoms with E-state index in [0.717, 1.165) is 4.88 Å². The van der Waals surface area contributed by atoms with Gasteiger partial charge in [-0.1, -0.05) is 9.70 Å². The van der Waals surface area contributed by atoms with Crippen LogP contribution in [0, 0.1) is 0 Å². The van der Waals surface area contributed by atoms with E-state index in [2.05, 4.69) is 19.9 Å². The van der Waals surface area contributed by atoms with E-state index in [4.69, 9.17) is 5.73 Å². The Morgan fingerprint density at radius 2 is 2.50 bits per heavy atom. The van der Waals surface area contributed by atoms with Crippen molar-refractivity contribution >= 4 is 17.4 Å². The Bertz CT molecular complexity index is 352. The molecule has 2 heterocycles. The van der Waals surface area contributed by atoms with Crippen molar-refractivity contribution in [2.75, 3.05) is 5.73 Å². The molecule has 0 saturated heterocycles. The van der Waals surface area contributed by atoms with Crippen LogP contribution in [0.25, 0.3) is 0 Å². The molecule has 0 fully saturated rings. The summed E-state index contributed by atoms with van der Waals surface area (Å²) in [7, 11) is 0. The Morgan fingerprint density at radius 3 is 3.08 bits per heavy atom. The minimum Gasteiger partial charge on any atom is -0.381 e. The SMILES string of the molecule is Nc1cn(Cc2cnns2)nn1. The molecule has 0 aromatic carbocycles. The molecule has 0 atom stereocenters. The second kappa shape index (κ2) is 2.86. The maximum atomic E-state index is 5.39. The monoisotopic (exact) mass is 182 g/mol. The minimum atomic E-state index is 0.424. The van der Waals surface area contributed by atoms with E-state index in [9.17, 15) is 0 Å². The number of hydrogen-bond acceptors (Lipinski definition) is 6. The number of nitrogens with zero attached hydrogens (tertiary/aromatic N) is 5. The van der Waals surface area contributed by atoms with Gasteiger partial charge in [-0.05, 0) is 11.5 Å². The number of rotatable bonds is 2. The van der Waals surface area contributed by atoms with Crippen LogP contribution in [0.2, 0.25) is 0 Å². The van der Waals surface area contributed by atoms with Gasteiger partial charge in [0.2, 0.25) is 0 Å². The summed E-state index contributed by atoms with van der Waals surface area (Å²) in [5.74, 6) is 0.424. The second-order valence-corrected chi connectivity index (χ2v) is 3.10. The smallest absolute Gasteiger partial charge is 0.165 e. The van der Waals surface area contributed by atoms with Gasteiger partial charge in [0.1, 0.15) is 0 Å². The van der Waals surface area contributed by atoms with Gasteiger partial charge < -0.3 is 5.73 Å². The van der Waals surface area contributed by atoms with Crippen molar-refractivity contribution < 1.29 is 0 Å². The molecule has 62 valence electrons. The normalized spacial score (nSPS) is 10.3. The second-order valence-electron chi connectivity index (χ2n) is 2.22. The molecule has 0 saturated carbocycles. The van der Waals surface area contributed by atoms with E-state index in [1.807, 2.05) is 0 Å². The number of hydrogen-bond donors (Lipinski definition) is 1. The highest BCUT2D eigenvalue weighted by Crippen LogP contribution is 2.04. The van der Waals surface area contributed by atoms with Gasteiger partial charge in [-0.2, -0.15) is 0 Å². The molecule has 0 aliphatic carbocycles. The first-order valence-corrected chi connectivity index (χ1v) is 4.04. The topological polar surface area (TPSA) is 82.5 Å². The highest BCUT2D eigenvalue weighted by molar-refractivity contribution is 7.05. The van der Waals surface area contributed by atoms with Gasteiger partial charge in [-0.25, -0.2) is 4.68 Å². The highest BCUT2D eigenvalue weighted by atomic mass is 32.1. The predicted octanol–water partition coefficient (Wildman–Crippen LogP) is -0.240. The molecule has 7 heteroatoms. The summed E-state index contributed by atoms with van der Waals surface area (Å²) in [4.78, 5) is 1.03. The van der Waals surface area contributed by atoms with Crippen LogP contribution in [0.1, 0.15) is 4.88 Å². The summed E-state index contributed by atoms with van der Waals surface area (Å²) in [6.07, 6.45) is 3.36. The van der Waals surface area contributed by atoms with Crippen LogP contribution in [0.3, 0.4) is 0 Å². The van der Waals surface area contributed by atoms with Gasteiger partial charge in [0.25, 0.3) is 0 Å². The number of nitrogen functional groups attached to an aromatic ring is 1. The lowest BCUT2D eigenvalue weighted by molar-refractivity contribution is 0.655. The summed E-state index contributed by atoms with van der Waals surface area (Å²) in [5, 5.41) is 11.1. The first-order valence-electron chi connectivity index (χ1n) is 3.26. The molecule has 2 N–H and O–H groups in total. The van der Waals surface area contributed by atoms with Crippen LogP contribution < -0.4 is 5.73 Å². The fraction of sp³-hybridized carbons (Fsp3) is 0.200. The molecule has 2 aromatic heterocycles. The Labute approximate surface area is 72.2 Å². The predicted molar refractivity (Wildman–Crippen MR) is 43.4 cm³/mol. The Balaban J connectivity index is 2.14. The molecule has 2 aromatic rings. The van der Waals surface area contributed by atoms with Crippen molar-refractivity contribution in [3.63, 3.8) is 0 Å². The average molecular weight is 182 g/mol. The van der Waals surface area contributed by atoms with Crippen molar-refractivity contribution in [3.8, 4) is 0 Å². The number of aromatic nitrogens is 5. The Morgan fingerprint density at radius 1 is 1.58 bits per heavy atom. The molecular formula is C5H6N6S. The van der Waals surface area contributed by atoms with Gasteiger partial charge in [-0.3, -0.25) is 0 Å². The van der Waals surface area contributed by atoms with Crippen LogP contribution in [0.5, 0.6) is 0 Å². The summed E-state index contributed by atoms with van der Waals surface area (Å²) in [6, 6.07) is 0. The molecule has 0 unspecified atom stereocenters. The molecule has 0 spiro atoms. The Hall–Kier alpha value is -1.50. The molecule has 0 aliphatic heterocycles. The standard InChI is InChI=1S/C5H6N6S/c6-5-3-11(9-8-5)2-4-1-7-10-12-4/h1,3H,2,6H2. The lowest BCUT2D eigenvalue weighted by Gasteiger charge is -1.92. The fourth-order valence-corrected chi connectivity index (χ4v) is 1.29. The molecule has 0 amide bonds. The van der Waals surface area contributed by atoms with E-state index in [1.54, 1.807) is 17.1 Å². The van der Waals surface area contributed by atoms with E-state index in [1.165, 1.54) is 11.5 Å². The third kappa shape index (κ3) is 1.40. The summed E-state index contributed by atoms with van der Waals surface area (Å²) in [6.45, 7) is 0.627. The molecule has 0 radical (unpaired) electrons. The van der Waals surface area contributed by atoms with Crippen molar-refractivity contribution in [3.05, 3.63) is 17.3 Å². The van der Waals surface area contributed by atoms with E-state index in [0.29, 0.717) is 12.4 Å². The van der Waals surface area contributed by atoms with Gasteiger partial charge >= 0.3 is 0 Å². The zero-order chi connectivity index (χ0) is 8.39. The van der Waals surface area contributed by atoms with E-state index in [-0.39, 0.29) is 0 Å². The third-order valence-corrected chi connectivity index (χ3v) is 1.93. The van der Waals surface area contributed by atoms with Crippen LogP contribution in [0.4, 0.5) is 5.82 Å². The van der Waals surface area contributed by atoms with Gasteiger partial charge in [0.05, 0.1) is 23.8 Å². The fourth-order valence-electron chi connectivity index (χ4n) is 0.808. The zero-order valence-electron chi connectivity index (χ0n) is 6.08. The third-order valence-electron chi connectivity index (χ3n) is 1.28. The maximum Gasteiger partial charge on any atom is 0.165 e. The number of anilines is 1.